The lowest BCUT2D eigenvalue weighted by Crippen LogP contribution is -2.12. The maximum atomic E-state index is 13.4. The molecular weight excluding hydrogens is 210 g/mol. The fraction of sp³-hybridized carbons (Fsp3) is 0.400. The number of benzene rings is 1. The van der Waals surface area contributed by atoms with Gasteiger partial charge in [-0.05, 0) is 17.5 Å². The molecule has 0 aliphatic carbocycles. The molecule has 0 aromatic heterocycles. The van der Waals surface area contributed by atoms with Gasteiger partial charge in [-0.15, -0.1) is 0 Å². The number of nitrogens with two attached hydrogens (primary N) is 1. The first kappa shape index (κ1) is 11.8. The minimum Gasteiger partial charge on any atom is -0.396 e. The highest BCUT2D eigenvalue weighted by Crippen LogP contribution is 2.36. The molecule has 0 aliphatic heterocycles. The zero-order valence-electron chi connectivity index (χ0n) is 8.32. The second-order valence-electron chi connectivity index (χ2n) is 3.58. The van der Waals surface area contributed by atoms with E-state index in [1.807, 2.05) is 0 Å². The molecule has 0 fully saturated rings. The van der Waals surface area contributed by atoms with E-state index in [-0.39, 0.29) is 11.5 Å². The van der Waals surface area contributed by atoms with E-state index in [1.54, 1.807) is 13.8 Å². The molecule has 2 N–H and O–H groups in total. The van der Waals surface area contributed by atoms with Gasteiger partial charge in [-0.25, -0.2) is 4.39 Å². The molecule has 0 bridgehead atoms. The van der Waals surface area contributed by atoms with Crippen LogP contribution < -0.4 is 5.73 Å². The van der Waals surface area contributed by atoms with E-state index >= 15 is 0 Å². The summed E-state index contributed by atoms with van der Waals surface area (Å²) in [6.07, 6.45) is -4.61. The Balaban J connectivity index is 3.34. The Kier molecular flexibility index (Phi) is 2.93. The van der Waals surface area contributed by atoms with Gasteiger partial charge in [0.15, 0.2) is 0 Å². The van der Waals surface area contributed by atoms with Gasteiger partial charge in [0, 0.05) is 0 Å². The molecule has 0 saturated carbocycles. The molecule has 84 valence electrons. The molecule has 0 amide bonds. The van der Waals surface area contributed by atoms with Crippen LogP contribution >= 0.6 is 0 Å². The summed E-state index contributed by atoms with van der Waals surface area (Å²) in [5.74, 6) is -1.17. The van der Waals surface area contributed by atoms with Crippen molar-refractivity contribution in [2.45, 2.75) is 25.9 Å². The Hall–Kier alpha value is -1.26. The average Bonchev–Trinajstić information content (AvgIpc) is 2.06. The van der Waals surface area contributed by atoms with Gasteiger partial charge in [-0.2, -0.15) is 13.2 Å². The van der Waals surface area contributed by atoms with E-state index in [2.05, 4.69) is 0 Å². The standard InChI is InChI=1S/C10H11F4N/c1-5(2)6-3-4-7(10(12,13)14)9(15)8(6)11/h3-5H,15H2,1-2H3. The van der Waals surface area contributed by atoms with Crippen molar-refractivity contribution in [1.82, 2.24) is 0 Å². The molecule has 15 heavy (non-hydrogen) atoms. The number of alkyl halides is 3. The van der Waals surface area contributed by atoms with Crippen LogP contribution in [0.1, 0.15) is 30.9 Å². The second kappa shape index (κ2) is 3.72. The number of anilines is 1. The van der Waals surface area contributed by atoms with Crippen molar-refractivity contribution in [1.29, 1.82) is 0 Å². The zero-order valence-corrected chi connectivity index (χ0v) is 8.32. The smallest absolute Gasteiger partial charge is 0.396 e. The number of hydrogen-bond donors (Lipinski definition) is 1. The first-order valence-corrected chi connectivity index (χ1v) is 4.40. The number of nitrogen functional groups attached to an aromatic ring is 1. The van der Waals surface area contributed by atoms with Crippen molar-refractivity contribution >= 4 is 5.69 Å². The predicted octanol–water partition coefficient (Wildman–Crippen LogP) is 3.55. The lowest BCUT2D eigenvalue weighted by molar-refractivity contribution is -0.137. The monoisotopic (exact) mass is 221 g/mol. The van der Waals surface area contributed by atoms with Crippen LogP contribution in [0.2, 0.25) is 0 Å². The van der Waals surface area contributed by atoms with Gasteiger partial charge in [-0.1, -0.05) is 19.9 Å². The second-order valence-corrected chi connectivity index (χ2v) is 3.58. The SMILES string of the molecule is CC(C)c1ccc(C(F)(F)F)c(N)c1F. The van der Waals surface area contributed by atoms with Crippen LogP contribution in [0, 0.1) is 5.82 Å². The number of halogens is 4. The van der Waals surface area contributed by atoms with E-state index in [0.717, 1.165) is 12.1 Å². The predicted molar refractivity (Wildman–Crippen MR) is 49.9 cm³/mol. The Bertz CT molecular complexity index is 368. The quantitative estimate of drug-likeness (QED) is 0.569. The Morgan fingerprint density at radius 2 is 1.73 bits per heavy atom. The molecule has 1 rings (SSSR count). The largest absolute Gasteiger partial charge is 0.418 e. The lowest BCUT2D eigenvalue weighted by atomic mass is 9.99. The van der Waals surface area contributed by atoms with Crippen LogP contribution in [0.3, 0.4) is 0 Å². The van der Waals surface area contributed by atoms with E-state index in [4.69, 9.17) is 5.73 Å². The maximum absolute atomic E-state index is 13.4. The van der Waals surface area contributed by atoms with Crippen molar-refractivity contribution < 1.29 is 17.6 Å². The molecule has 0 heterocycles. The molecule has 0 saturated heterocycles. The average molecular weight is 221 g/mol. The number of hydrogen-bond acceptors (Lipinski definition) is 1. The van der Waals surface area contributed by atoms with Gasteiger partial charge in [0.2, 0.25) is 0 Å². The summed E-state index contributed by atoms with van der Waals surface area (Å²) in [4.78, 5) is 0. The van der Waals surface area contributed by atoms with Crippen molar-refractivity contribution in [3.63, 3.8) is 0 Å². The van der Waals surface area contributed by atoms with Crippen LogP contribution in [0.4, 0.5) is 23.2 Å². The van der Waals surface area contributed by atoms with Gasteiger partial charge in [-0.3, -0.25) is 0 Å². The van der Waals surface area contributed by atoms with Crippen molar-refractivity contribution in [3.8, 4) is 0 Å². The molecule has 0 spiro atoms. The van der Waals surface area contributed by atoms with Crippen LogP contribution in [0.25, 0.3) is 0 Å². The zero-order chi connectivity index (χ0) is 11.8. The van der Waals surface area contributed by atoms with Crippen LogP contribution in [0.5, 0.6) is 0 Å². The fourth-order valence-corrected chi connectivity index (χ4v) is 1.30. The minimum atomic E-state index is -4.61. The molecule has 0 radical (unpaired) electrons. The molecule has 1 aromatic rings. The third-order valence-corrected chi connectivity index (χ3v) is 2.14. The van der Waals surface area contributed by atoms with E-state index < -0.39 is 23.2 Å². The summed E-state index contributed by atoms with van der Waals surface area (Å²) >= 11 is 0. The van der Waals surface area contributed by atoms with Gasteiger partial charge in [0.25, 0.3) is 0 Å². The summed E-state index contributed by atoms with van der Waals surface area (Å²) in [5.41, 5.74) is 3.36. The first-order chi connectivity index (χ1) is 6.75. The van der Waals surface area contributed by atoms with Crippen LogP contribution in [-0.2, 0) is 6.18 Å². The Morgan fingerprint density at radius 1 is 1.20 bits per heavy atom. The summed E-state index contributed by atoms with van der Waals surface area (Å²) in [6.45, 7) is 3.37. The number of rotatable bonds is 1. The third kappa shape index (κ3) is 2.22. The summed E-state index contributed by atoms with van der Waals surface area (Å²) < 4.78 is 50.4. The van der Waals surface area contributed by atoms with Gasteiger partial charge in [0.05, 0.1) is 11.3 Å². The lowest BCUT2D eigenvalue weighted by Gasteiger charge is -2.14. The van der Waals surface area contributed by atoms with Crippen molar-refractivity contribution in [2.75, 3.05) is 5.73 Å². The normalized spacial score (nSPS) is 12.2. The maximum Gasteiger partial charge on any atom is 0.418 e. The molecule has 5 heteroatoms. The fourth-order valence-electron chi connectivity index (χ4n) is 1.30. The van der Waals surface area contributed by atoms with Gasteiger partial charge in [0.1, 0.15) is 5.82 Å². The van der Waals surface area contributed by atoms with E-state index in [0.29, 0.717) is 0 Å². The van der Waals surface area contributed by atoms with Gasteiger partial charge < -0.3 is 5.73 Å². The van der Waals surface area contributed by atoms with Crippen LogP contribution in [-0.4, -0.2) is 0 Å². The molecule has 0 atom stereocenters. The highest BCUT2D eigenvalue weighted by atomic mass is 19.4. The molecule has 1 nitrogen and oxygen atoms in total. The third-order valence-electron chi connectivity index (χ3n) is 2.14. The highest BCUT2D eigenvalue weighted by molar-refractivity contribution is 5.52. The van der Waals surface area contributed by atoms with Crippen molar-refractivity contribution in [3.05, 3.63) is 29.1 Å². The minimum absolute atomic E-state index is 0.195. The summed E-state index contributed by atoms with van der Waals surface area (Å²) in [5, 5.41) is 0. The molecule has 0 unspecified atom stereocenters. The Morgan fingerprint density at radius 3 is 2.13 bits per heavy atom. The highest BCUT2D eigenvalue weighted by Gasteiger charge is 2.34. The molecule has 1 aromatic carbocycles. The summed E-state index contributed by atoms with van der Waals surface area (Å²) in [6, 6.07) is 1.94. The van der Waals surface area contributed by atoms with Crippen LogP contribution in [0.15, 0.2) is 12.1 Å². The van der Waals surface area contributed by atoms with E-state index in [9.17, 15) is 17.6 Å². The van der Waals surface area contributed by atoms with E-state index in [1.165, 1.54) is 0 Å². The Labute approximate surface area is 84.9 Å². The molecule has 0 aliphatic rings. The first-order valence-electron chi connectivity index (χ1n) is 4.40. The summed E-state index contributed by atoms with van der Waals surface area (Å²) in [7, 11) is 0. The van der Waals surface area contributed by atoms with Gasteiger partial charge >= 0.3 is 6.18 Å². The van der Waals surface area contributed by atoms with Crippen molar-refractivity contribution in [2.24, 2.45) is 0 Å². The molecular formula is C10H11F4N. The topological polar surface area (TPSA) is 26.0 Å².